The van der Waals surface area contributed by atoms with Gasteiger partial charge in [0.05, 0.1) is 7.11 Å². The number of hydrogen-bond acceptors (Lipinski definition) is 4. The van der Waals surface area contributed by atoms with Gasteiger partial charge in [-0.15, -0.1) is 0 Å². The van der Waals surface area contributed by atoms with Crippen molar-refractivity contribution < 1.29 is 9.53 Å². The Balaban J connectivity index is 1.72. The summed E-state index contributed by atoms with van der Waals surface area (Å²) in [5.74, 6) is 1.38. The van der Waals surface area contributed by atoms with Crippen molar-refractivity contribution >= 4 is 34.4 Å². The fourth-order valence-electron chi connectivity index (χ4n) is 2.29. The molecule has 0 aliphatic carbocycles. The van der Waals surface area contributed by atoms with E-state index in [0.717, 1.165) is 23.0 Å². The number of aromatic nitrogens is 1. The Kier molecular flexibility index (Phi) is 5.37. The highest BCUT2D eigenvalue weighted by atomic mass is 35.5. The Morgan fingerprint density at radius 2 is 2.12 bits per heavy atom. The van der Waals surface area contributed by atoms with Crippen LogP contribution in [0.3, 0.4) is 0 Å². The molecule has 0 atom stereocenters. The molecule has 2 aromatic rings. The maximum atomic E-state index is 12.3. The number of benzene rings is 1. The van der Waals surface area contributed by atoms with Crippen molar-refractivity contribution in [1.82, 2.24) is 9.88 Å². The molecular weight excluding hydrogens is 346 g/mol. The van der Waals surface area contributed by atoms with Gasteiger partial charge >= 0.3 is 0 Å². The smallest absolute Gasteiger partial charge is 0.279 e. The minimum atomic E-state index is -0.249. The van der Waals surface area contributed by atoms with Crippen LogP contribution in [-0.4, -0.2) is 40.4 Å². The number of hydrogen-bond donors (Lipinski definition) is 0. The predicted octanol–water partition coefficient (Wildman–Crippen LogP) is 3.49. The molecule has 24 heavy (non-hydrogen) atoms. The molecule has 1 fully saturated rings. The van der Waals surface area contributed by atoms with Crippen LogP contribution in [0.4, 0.5) is 0 Å². The number of carbonyl (C=O) groups excluding carboxylic acids is 1. The molecule has 1 aromatic heterocycles. The molecule has 1 amide bonds. The third-order valence-corrected chi connectivity index (χ3v) is 4.78. The van der Waals surface area contributed by atoms with Crippen LogP contribution in [0.1, 0.15) is 15.9 Å². The van der Waals surface area contributed by atoms with E-state index in [-0.39, 0.29) is 5.91 Å². The minimum absolute atomic E-state index is 0.249. The molecule has 0 radical (unpaired) electrons. The normalized spacial score (nSPS) is 15.8. The van der Waals surface area contributed by atoms with Gasteiger partial charge in [0.2, 0.25) is 0 Å². The van der Waals surface area contributed by atoms with E-state index in [0.29, 0.717) is 23.0 Å². The van der Waals surface area contributed by atoms with E-state index in [2.05, 4.69) is 14.9 Å². The van der Waals surface area contributed by atoms with Crippen molar-refractivity contribution in [2.45, 2.75) is 6.54 Å². The largest absolute Gasteiger partial charge is 0.497 e. The molecule has 1 aliphatic rings. The molecule has 1 aromatic carbocycles. The average Bonchev–Trinajstić information content (AvgIpc) is 3.03. The molecule has 124 valence electrons. The first-order valence-electron chi connectivity index (χ1n) is 7.41. The zero-order chi connectivity index (χ0) is 16.9. The van der Waals surface area contributed by atoms with E-state index in [4.69, 9.17) is 16.3 Å². The number of amides is 1. The van der Waals surface area contributed by atoms with Crippen molar-refractivity contribution in [3.8, 4) is 5.75 Å². The number of halogens is 1. The summed E-state index contributed by atoms with van der Waals surface area (Å²) in [6.45, 7) is 1.51. The number of carbonyl (C=O) groups is 1. The maximum Gasteiger partial charge on any atom is 0.279 e. The van der Waals surface area contributed by atoms with Gasteiger partial charge in [-0.2, -0.15) is 4.99 Å². The lowest BCUT2D eigenvalue weighted by Gasteiger charge is -2.17. The van der Waals surface area contributed by atoms with Crippen molar-refractivity contribution in [2.24, 2.45) is 4.99 Å². The molecule has 2 heterocycles. The summed E-state index contributed by atoms with van der Waals surface area (Å²) in [6, 6.07) is 10.6. The predicted molar refractivity (Wildman–Crippen MR) is 96.9 cm³/mol. The molecule has 5 nitrogen and oxygen atoms in total. The van der Waals surface area contributed by atoms with E-state index in [1.54, 1.807) is 55.4 Å². The van der Waals surface area contributed by atoms with Crippen LogP contribution in [0.2, 0.25) is 5.15 Å². The van der Waals surface area contributed by atoms with Crippen LogP contribution in [0.15, 0.2) is 47.6 Å². The molecular formula is C17H16ClN3O2S. The second kappa shape index (κ2) is 7.68. The number of thioether (sulfide) groups is 1. The van der Waals surface area contributed by atoms with Crippen molar-refractivity contribution in [3.05, 3.63) is 58.9 Å². The van der Waals surface area contributed by atoms with Gasteiger partial charge in [0.15, 0.2) is 5.17 Å². The number of pyridine rings is 1. The van der Waals surface area contributed by atoms with Gasteiger partial charge in [-0.05, 0) is 35.9 Å². The lowest BCUT2D eigenvalue weighted by atomic mass is 10.2. The van der Waals surface area contributed by atoms with Gasteiger partial charge < -0.3 is 9.64 Å². The summed E-state index contributed by atoms with van der Waals surface area (Å²) in [5, 5.41) is 1.21. The Hall–Kier alpha value is -2.05. The van der Waals surface area contributed by atoms with E-state index >= 15 is 0 Å². The monoisotopic (exact) mass is 361 g/mol. The molecule has 0 spiro atoms. The molecule has 0 saturated carbocycles. The Morgan fingerprint density at radius 3 is 2.79 bits per heavy atom. The third kappa shape index (κ3) is 4.07. The fraction of sp³-hybridized carbons (Fsp3) is 0.235. The fourth-order valence-corrected chi connectivity index (χ4v) is 3.38. The third-order valence-electron chi connectivity index (χ3n) is 3.56. The van der Waals surface area contributed by atoms with E-state index < -0.39 is 0 Å². The summed E-state index contributed by atoms with van der Waals surface area (Å²) < 4.78 is 5.10. The van der Waals surface area contributed by atoms with E-state index in [1.807, 2.05) is 6.07 Å². The zero-order valence-electron chi connectivity index (χ0n) is 13.1. The first kappa shape index (κ1) is 16.8. The topological polar surface area (TPSA) is 54.8 Å². The number of ether oxygens (including phenoxy) is 1. The van der Waals surface area contributed by atoms with Crippen LogP contribution in [0.5, 0.6) is 5.75 Å². The second-order valence-electron chi connectivity index (χ2n) is 5.19. The maximum absolute atomic E-state index is 12.3. The molecule has 0 bridgehead atoms. The van der Waals surface area contributed by atoms with Crippen LogP contribution < -0.4 is 4.74 Å². The number of nitrogens with zero attached hydrogens (tertiary/aromatic N) is 3. The van der Waals surface area contributed by atoms with E-state index in [9.17, 15) is 4.79 Å². The number of methoxy groups -OCH3 is 1. The van der Waals surface area contributed by atoms with Gasteiger partial charge in [0.25, 0.3) is 5.91 Å². The van der Waals surface area contributed by atoms with Crippen LogP contribution >= 0.6 is 23.4 Å². The summed E-state index contributed by atoms with van der Waals surface area (Å²) in [5.41, 5.74) is 1.58. The molecule has 0 N–H and O–H groups in total. The molecule has 3 rings (SSSR count). The van der Waals surface area contributed by atoms with Crippen molar-refractivity contribution in [3.63, 3.8) is 0 Å². The molecule has 7 heteroatoms. The van der Waals surface area contributed by atoms with Crippen molar-refractivity contribution in [1.29, 1.82) is 0 Å². The number of rotatable bonds is 4. The molecule has 1 saturated heterocycles. The van der Waals surface area contributed by atoms with E-state index in [1.165, 1.54) is 0 Å². The van der Waals surface area contributed by atoms with Crippen LogP contribution in [-0.2, 0) is 6.54 Å². The van der Waals surface area contributed by atoms with Gasteiger partial charge in [-0.25, -0.2) is 4.98 Å². The second-order valence-corrected chi connectivity index (χ2v) is 6.64. The quantitative estimate of drug-likeness (QED) is 0.780. The van der Waals surface area contributed by atoms with Gasteiger partial charge in [0.1, 0.15) is 10.9 Å². The van der Waals surface area contributed by atoms with Crippen molar-refractivity contribution in [2.75, 3.05) is 19.4 Å². The number of amidine groups is 1. The summed E-state index contributed by atoms with van der Waals surface area (Å²) >= 11 is 7.40. The van der Waals surface area contributed by atoms with Gasteiger partial charge in [-0.1, -0.05) is 29.4 Å². The highest BCUT2D eigenvalue weighted by Gasteiger charge is 2.21. The van der Waals surface area contributed by atoms with Crippen LogP contribution in [0.25, 0.3) is 0 Å². The summed E-state index contributed by atoms with van der Waals surface area (Å²) in [6.07, 6.45) is 1.74. The van der Waals surface area contributed by atoms with Crippen LogP contribution in [0, 0.1) is 0 Å². The molecule has 0 unspecified atom stereocenters. The Labute approximate surface area is 149 Å². The average molecular weight is 362 g/mol. The number of aliphatic imine (C=N–C) groups is 1. The summed E-state index contributed by atoms with van der Waals surface area (Å²) in [7, 11) is 1.59. The molecule has 1 aliphatic heterocycles. The first-order chi connectivity index (χ1) is 11.7. The lowest BCUT2D eigenvalue weighted by Crippen LogP contribution is -2.24. The van der Waals surface area contributed by atoms with Gasteiger partial charge in [-0.3, -0.25) is 4.79 Å². The zero-order valence-corrected chi connectivity index (χ0v) is 14.7. The highest BCUT2D eigenvalue weighted by molar-refractivity contribution is 8.14. The SMILES string of the molecule is COc1ccc(C(=O)/N=C2\SCCN2Cc2ccc(Cl)nc2)cc1. The summed E-state index contributed by atoms with van der Waals surface area (Å²) in [4.78, 5) is 22.8. The Bertz CT molecular complexity index is 747. The highest BCUT2D eigenvalue weighted by Crippen LogP contribution is 2.22. The minimum Gasteiger partial charge on any atom is -0.497 e. The lowest BCUT2D eigenvalue weighted by molar-refractivity contribution is 0.100. The Morgan fingerprint density at radius 1 is 1.33 bits per heavy atom. The standard InChI is InChI=1S/C17H16ClN3O2S/c1-23-14-5-3-13(4-6-14)16(22)20-17-21(8-9-24-17)11-12-2-7-15(18)19-10-12/h2-7,10H,8-9,11H2,1H3/b20-17-. The van der Waals surface area contributed by atoms with Gasteiger partial charge in [0, 0.05) is 30.6 Å². The first-order valence-corrected chi connectivity index (χ1v) is 8.77.